The molecule has 6 nitrogen and oxygen atoms in total. The number of carbonyl (C=O) groups is 1. The monoisotopic (exact) mass is 463 g/mol. The van der Waals surface area contributed by atoms with Gasteiger partial charge >= 0.3 is 0 Å². The molecule has 3 aromatic rings. The van der Waals surface area contributed by atoms with Crippen molar-refractivity contribution in [1.29, 1.82) is 0 Å². The van der Waals surface area contributed by atoms with Gasteiger partial charge in [-0.3, -0.25) is 9.69 Å². The van der Waals surface area contributed by atoms with Crippen LogP contribution < -0.4 is 5.32 Å². The van der Waals surface area contributed by atoms with E-state index in [9.17, 15) is 13.2 Å². The van der Waals surface area contributed by atoms with Gasteiger partial charge in [0.15, 0.2) is 0 Å². The number of nitrogens with zero attached hydrogens (tertiary/aromatic N) is 2. The third-order valence-electron chi connectivity index (χ3n) is 5.87. The van der Waals surface area contributed by atoms with Crippen LogP contribution in [0.3, 0.4) is 0 Å². The molecule has 0 aromatic heterocycles. The minimum atomic E-state index is -3.41. The Kier molecular flexibility index (Phi) is 7.54. The number of benzene rings is 3. The largest absolute Gasteiger partial charge is 0.351 e. The fourth-order valence-electron chi connectivity index (χ4n) is 3.98. The van der Waals surface area contributed by atoms with E-state index in [2.05, 4.69) is 22.3 Å². The molecular weight excluding hydrogens is 434 g/mol. The minimum absolute atomic E-state index is 0.0891. The van der Waals surface area contributed by atoms with Gasteiger partial charge in [-0.25, -0.2) is 8.42 Å². The summed E-state index contributed by atoms with van der Waals surface area (Å²) in [4.78, 5) is 14.7. The van der Waals surface area contributed by atoms with E-state index < -0.39 is 10.0 Å². The highest BCUT2D eigenvalue weighted by molar-refractivity contribution is 7.89. The minimum Gasteiger partial charge on any atom is -0.351 e. The molecule has 33 heavy (non-hydrogen) atoms. The predicted molar refractivity (Wildman–Crippen MR) is 131 cm³/mol. The summed E-state index contributed by atoms with van der Waals surface area (Å²) < 4.78 is 27.0. The summed E-state index contributed by atoms with van der Waals surface area (Å²) in [5, 5.41) is 2.74. The van der Waals surface area contributed by atoms with Crippen LogP contribution in [0.5, 0.6) is 0 Å². The third-order valence-corrected chi connectivity index (χ3v) is 7.75. The number of piperazine rings is 1. The van der Waals surface area contributed by atoms with Crippen molar-refractivity contribution in [2.75, 3.05) is 38.5 Å². The van der Waals surface area contributed by atoms with Crippen molar-refractivity contribution in [3.05, 3.63) is 96.1 Å². The first-order chi connectivity index (χ1) is 16.0. The molecule has 0 radical (unpaired) electrons. The summed E-state index contributed by atoms with van der Waals surface area (Å²) in [7, 11) is -3.41. The smallest absolute Gasteiger partial charge is 0.251 e. The number of nitrogens with one attached hydrogen (secondary N) is 1. The molecule has 0 aliphatic carbocycles. The van der Waals surface area contributed by atoms with Gasteiger partial charge in [-0.15, -0.1) is 0 Å². The summed E-state index contributed by atoms with van der Waals surface area (Å²) in [6, 6.07) is 27.5. The van der Waals surface area contributed by atoms with Crippen LogP contribution in [0.4, 0.5) is 0 Å². The SMILES string of the molecule is O=C(NCCS(=O)(=O)N1CCN(Cc2ccccc2)CC1)c1ccc(-c2ccccc2)cc1. The molecule has 3 aromatic carbocycles. The average molecular weight is 464 g/mol. The Balaban J connectivity index is 1.23. The number of sulfonamides is 1. The van der Waals surface area contributed by atoms with Crippen molar-refractivity contribution in [2.45, 2.75) is 6.54 Å². The lowest BCUT2D eigenvalue weighted by Gasteiger charge is -2.34. The van der Waals surface area contributed by atoms with E-state index in [4.69, 9.17) is 0 Å². The van der Waals surface area contributed by atoms with E-state index in [0.717, 1.165) is 17.7 Å². The molecule has 1 N–H and O–H groups in total. The summed E-state index contributed by atoms with van der Waals surface area (Å²) >= 11 is 0. The Labute approximate surface area is 195 Å². The highest BCUT2D eigenvalue weighted by atomic mass is 32.2. The molecular formula is C26H29N3O3S. The Morgan fingerprint density at radius 1 is 0.758 bits per heavy atom. The lowest BCUT2D eigenvalue weighted by atomic mass is 10.0. The first-order valence-electron chi connectivity index (χ1n) is 11.2. The van der Waals surface area contributed by atoms with Gasteiger partial charge in [0, 0.05) is 44.8 Å². The topological polar surface area (TPSA) is 69.7 Å². The lowest BCUT2D eigenvalue weighted by molar-refractivity contribution is 0.0956. The van der Waals surface area contributed by atoms with E-state index in [0.29, 0.717) is 31.7 Å². The molecule has 0 saturated carbocycles. The van der Waals surface area contributed by atoms with Crippen LogP contribution in [0.2, 0.25) is 0 Å². The number of amides is 1. The van der Waals surface area contributed by atoms with Crippen LogP contribution in [-0.4, -0.2) is 62.0 Å². The molecule has 0 unspecified atom stereocenters. The van der Waals surface area contributed by atoms with E-state index in [1.54, 1.807) is 12.1 Å². The van der Waals surface area contributed by atoms with Gasteiger partial charge in [-0.05, 0) is 28.8 Å². The van der Waals surface area contributed by atoms with Gasteiger partial charge < -0.3 is 5.32 Å². The summed E-state index contributed by atoms with van der Waals surface area (Å²) in [6.07, 6.45) is 0. The van der Waals surface area contributed by atoms with E-state index in [-0.39, 0.29) is 18.2 Å². The first-order valence-corrected chi connectivity index (χ1v) is 12.8. The number of hydrogen-bond acceptors (Lipinski definition) is 4. The van der Waals surface area contributed by atoms with Crippen LogP contribution in [0, 0.1) is 0 Å². The van der Waals surface area contributed by atoms with Crippen LogP contribution in [0.1, 0.15) is 15.9 Å². The molecule has 172 valence electrons. The van der Waals surface area contributed by atoms with Crippen molar-refractivity contribution < 1.29 is 13.2 Å². The standard InChI is InChI=1S/C26H29N3O3S/c30-26(25-13-11-24(12-14-25)23-9-5-2-6-10-23)27-15-20-33(31,32)29-18-16-28(17-19-29)21-22-7-3-1-4-8-22/h1-14H,15-21H2,(H,27,30). The van der Waals surface area contributed by atoms with Gasteiger partial charge in [0.25, 0.3) is 5.91 Å². The van der Waals surface area contributed by atoms with E-state index in [1.807, 2.05) is 60.7 Å². The zero-order valence-corrected chi connectivity index (χ0v) is 19.4. The van der Waals surface area contributed by atoms with Crippen LogP contribution in [0.15, 0.2) is 84.9 Å². The third kappa shape index (κ3) is 6.28. The van der Waals surface area contributed by atoms with E-state index >= 15 is 0 Å². The molecule has 1 aliphatic heterocycles. The van der Waals surface area contributed by atoms with Crippen molar-refractivity contribution in [2.24, 2.45) is 0 Å². The molecule has 4 rings (SSSR count). The molecule has 1 amide bonds. The summed E-state index contributed by atoms with van der Waals surface area (Å²) in [5.74, 6) is -0.364. The molecule has 0 bridgehead atoms. The van der Waals surface area contributed by atoms with Gasteiger partial charge in [0.1, 0.15) is 0 Å². The maximum absolute atomic E-state index is 12.7. The van der Waals surface area contributed by atoms with Gasteiger partial charge in [-0.1, -0.05) is 72.8 Å². The zero-order chi connectivity index (χ0) is 23.1. The maximum Gasteiger partial charge on any atom is 0.251 e. The number of hydrogen-bond donors (Lipinski definition) is 1. The molecule has 1 saturated heterocycles. The normalized spacial score (nSPS) is 15.3. The summed E-state index contributed by atoms with van der Waals surface area (Å²) in [5.41, 5.74) is 3.86. The van der Waals surface area contributed by atoms with Crippen molar-refractivity contribution in [1.82, 2.24) is 14.5 Å². The fourth-order valence-corrected chi connectivity index (χ4v) is 5.31. The first kappa shape index (κ1) is 23.2. The highest BCUT2D eigenvalue weighted by Crippen LogP contribution is 2.19. The highest BCUT2D eigenvalue weighted by Gasteiger charge is 2.26. The summed E-state index contributed by atoms with van der Waals surface area (Å²) in [6.45, 7) is 3.27. The van der Waals surface area contributed by atoms with Gasteiger partial charge in [-0.2, -0.15) is 4.31 Å². The van der Waals surface area contributed by atoms with E-state index in [1.165, 1.54) is 9.87 Å². The quantitative estimate of drug-likeness (QED) is 0.557. The number of rotatable bonds is 8. The second-order valence-electron chi connectivity index (χ2n) is 8.18. The second kappa shape index (κ2) is 10.7. The molecule has 1 fully saturated rings. The fraction of sp³-hybridized carbons (Fsp3) is 0.269. The van der Waals surface area contributed by atoms with Crippen LogP contribution in [0.25, 0.3) is 11.1 Å². The Hall–Kier alpha value is -3.00. The van der Waals surface area contributed by atoms with Crippen molar-refractivity contribution >= 4 is 15.9 Å². The Morgan fingerprint density at radius 2 is 1.33 bits per heavy atom. The molecule has 0 atom stereocenters. The molecule has 1 aliphatic rings. The van der Waals surface area contributed by atoms with Crippen LogP contribution >= 0.6 is 0 Å². The molecule has 0 spiro atoms. The van der Waals surface area contributed by atoms with Gasteiger partial charge in [0.05, 0.1) is 5.75 Å². The van der Waals surface area contributed by atoms with Gasteiger partial charge in [0.2, 0.25) is 10.0 Å². The Bertz CT molecular complexity index is 1140. The molecule has 7 heteroatoms. The number of carbonyl (C=O) groups excluding carboxylic acids is 1. The average Bonchev–Trinajstić information content (AvgIpc) is 2.85. The maximum atomic E-state index is 12.7. The zero-order valence-electron chi connectivity index (χ0n) is 18.6. The van der Waals surface area contributed by atoms with Crippen molar-refractivity contribution in [3.63, 3.8) is 0 Å². The predicted octanol–water partition coefficient (Wildman–Crippen LogP) is 3.23. The van der Waals surface area contributed by atoms with Crippen molar-refractivity contribution in [3.8, 4) is 11.1 Å². The molecule has 1 heterocycles. The second-order valence-corrected chi connectivity index (χ2v) is 10.3. The van der Waals surface area contributed by atoms with Crippen LogP contribution in [-0.2, 0) is 16.6 Å². The Morgan fingerprint density at radius 3 is 1.97 bits per heavy atom. The lowest BCUT2D eigenvalue weighted by Crippen LogP contribution is -2.49.